The van der Waals surface area contributed by atoms with E-state index in [4.69, 9.17) is 0 Å². The molecule has 0 aliphatic heterocycles. The Morgan fingerprint density at radius 1 is 0.245 bits per heavy atom. The summed E-state index contributed by atoms with van der Waals surface area (Å²) in [7, 11) is 0. The van der Waals surface area contributed by atoms with E-state index in [1.54, 1.807) is 5.57 Å². The van der Waals surface area contributed by atoms with E-state index in [-0.39, 0.29) is 6.10 Å². The van der Waals surface area contributed by atoms with Crippen LogP contribution in [0.15, 0.2) is 11.6 Å². The minimum absolute atomic E-state index is 0.141. The Hall–Kier alpha value is -0.500. The maximum absolute atomic E-state index is 11.0. The third-order valence-electron chi connectivity index (χ3n) is 57.5. The van der Waals surface area contributed by atoms with Gasteiger partial charge in [-0.1, -0.05) is 269 Å². The summed E-state index contributed by atoms with van der Waals surface area (Å²) in [5.74, 6) is 30.2. The van der Waals surface area contributed by atoms with Gasteiger partial charge in [-0.15, -0.1) is 0 Å². The summed E-state index contributed by atoms with van der Waals surface area (Å²) in [5.41, 5.74) is 4.84. The summed E-state index contributed by atoms with van der Waals surface area (Å²) in [4.78, 5) is 0. The highest BCUT2D eigenvalue weighted by molar-refractivity contribution is 5.28. The molecular weight excluding hydrogens is 1790 g/mol. The van der Waals surface area contributed by atoms with Gasteiger partial charge >= 0.3 is 0 Å². The van der Waals surface area contributed by atoms with Crippen molar-refractivity contribution in [2.75, 3.05) is 0 Å². The van der Waals surface area contributed by atoms with Crippen molar-refractivity contribution >= 4 is 0 Å². The van der Waals surface area contributed by atoms with Crippen molar-refractivity contribution in [3.8, 4) is 0 Å². The molecule has 0 heterocycles. The Labute approximate surface area is 912 Å². The molecule has 6 heteroatoms. The van der Waals surface area contributed by atoms with Crippen molar-refractivity contribution in [3.63, 3.8) is 0 Å². The molecule has 19 saturated carbocycles. The first-order chi connectivity index (χ1) is 69.0. The van der Waals surface area contributed by atoms with Crippen LogP contribution in [0.4, 0.5) is 0 Å². The molecule has 147 heavy (non-hydrogen) atoms. The van der Waals surface area contributed by atoms with E-state index in [9.17, 15) is 30.6 Å². The molecule has 0 aromatic rings. The number of rotatable bonds is 26. The van der Waals surface area contributed by atoms with Crippen molar-refractivity contribution in [2.45, 2.75) is 621 Å². The first-order valence-corrected chi connectivity index (χ1v) is 67.0. The van der Waals surface area contributed by atoms with E-state index in [0.29, 0.717) is 60.1 Å². The zero-order valence-corrected chi connectivity index (χ0v) is 103. The summed E-state index contributed by atoms with van der Waals surface area (Å²) in [5, 5.41) is 64.2. The van der Waals surface area contributed by atoms with Gasteiger partial charge in [0.1, 0.15) is 0 Å². The fourth-order valence-electron chi connectivity index (χ4n) is 46.4. The zero-order chi connectivity index (χ0) is 107. The third kappa shape index (κ3) is 23.2. The Kier molecular flexibility index (Phi) is 37.1. The van der Waals surface area contributed by atoms with E-state index in [1.165, 1.54) is 302 Å². The van der Waals surface area contributed by atoms with Gasteiger partial charge in [0.05, 0.1) is 34.1 Å². The molecular formula is C141H250O6. The number of aliphatic hydroxyl groups excluding tert-OH is 1. The number of allylic oxidation sites excluding steroid dienone is 1. The van der Waals surface area contributed by atoms with Gasteiger partial charge in [-0.2, -0.15) is 0 Å². The summed E-state index contributed by atoms with van der Waals surface area (Å²) in [6.45, 7) is 73.4. The lowest BCUT2D eigenvalue weighted by molar-refractivity contribution is -0.148. The highest BCUT2D eigenvalue weighted by atomic mass is 16.3. The van der Waals surface area contributed by atoms with E-state index in [2.05, 4.69) is 214 Å². The molecule has 0 aromatic heterocycles. The van der Waals surface area contributed by atoms with Crippen LogP contribution in [0.2, 0.25) is 0 Å². The van der Waals surface area contributed by atoms with Crippen LogP contribution in [0.3, 0.4) is 0 Å². The maximum atomic E-state index is 11.0. The molecule has 0 radical (unpaired) electrons. The number of fused-ring (bicyclic) bond motifs is 25. The van der Waals surface area contributed by atoms with Gasteiger partial charge in [-0.25, -0.2) is 0 Å². The Bertz CT molecular complexity index is 3810. The van der Waals surface area contributed by atoms with Crippen LogP contribution in [0.5, 0.6) is 0 Å². The van der Waals surface area contributed by atoms with Crippen LogP contribution in [0.1, 0.15) is 587 Å². The summed E-state index contributed by atoms with van der Waals surface area (Å²) < 4.78 is 0. The van der Waals surface area contributed by atoms with Crippen molar-refractivity contribution in [1.29, 1.82) is 0 Å². The molecule has 0 bridgehead atoms. The summed E-state index contributed by atoms with van der Waals surface area (Å²) >= 11 is 0. The van der Waals surface area contributed by atoms with E-state index < -0.39 is 28.0 Å². The molecule has 850 valence electrons. The fraction of sp³-hybridized carbons (Fsp3) is 0.986. The SMILES string of the molecule is CC[C@@H](C)CC[C@@H](C)[C@H]1CC[C@H]2[C@@H]3CC[C@@H]4C[C@@](C)(O)CC[C@]4(C)[C@H]3CC[C@]12C.CC[C@@H](C)CC[C@@H](C)[C@H]1CC[C@H]2[C@@H]3CC[C@H]4C[C@@](C)(O)CC[C@]4(C)[C@H]3CC[C@]12C.CC[C@H](C)CC[C@@H](C)[C@H]1CC[C@H]2[C@@H]3CC[C@@H]4C[C@@](C)(O)CC[C@]4(C)[C@H]3CC[C@]12C.CC[C@H](C)CC[C@@H](C)[C@H]1CC[C@H]2[C@@H]3CC[C@H]4C[C@@](C)(O)CC[C@]4(C)[C@H]3CC[C@]12C.CC[C@]1(O)CC[C@@]2(C)C(=CC[C@H]3[C@@H]4CC[C@H]([C@H](C)CC[C@H](O)C(C)C)[C@@]4(C)CC[C@@H]32)C1. The zero-order valence-electron chi connectivity index (χ0n) is 103. The molecule has 0 amide bonds. The second-order valence-corrected chi connectivity index (χ2v) is 65.7. The molecule has 19 fully saturated rings. The van der Waals surface area contributed by atoms with Crippen LogP contribution in [0.25, 0.3) is 0 Å². The second kappa shape index (κ2) is 45.8. The molecule has 0 spiro atoms. The topological polar surface area (TPSA) is 121 Å². The van der Waals surface area contributed by atoms with Gasteiger partial charge in [0.25, 0.3) is 0 Å². The van der Waals surface area contributed by atoms with Gasteiger partial charge < -0.3 is 30.6 Å². The van der Waals surface area contributed by atoms with Crippen LogP contribution in [-0.2, 0) is 0 Å². The first-order valence-electron chi connectivity index (χ1n) is 67.0. The van der Waals surface area contributed by atoms with Crippen molar-refractivity contribution < 1.29 is 30.6 Å². The van der Waals surface area contributed by atoms with Gasteiger partial charge in [0, 0.05) is 0 Å². The predicted octanol–water partition coefficient (Wildman–Crippen LogP) is 38.6. The molecule has 6 nitrogen and oxygen atoms in total. The molecule has 20 aliphatic carbocycles. The second-order valence-electron chi connectivity index (χ2n) is 65.7. The predicted molar refractivity (Wildman–Crippen MR) is 624 cm³/mol. The highest BCUT2D eigenvalue weighted by Gasteiger charge is 2.69. The molecule has 20 aliphatic rings. The smallest absolute Gasteiger partial charge is 0.0682 e. The minimum Gasteiger partial charge on any atom is -0.393 e. The Morgan fingerprint density at radius 2 is 0.483 bits per heavy atom. The van der Waals surface area contributed by atoms with E-state index in [0.717, 1.165) is 272 Å². The number of hydrogen-bond acceptors (Lipinski definition) is 6. The number of hydrogen-bond donors (Lipinski definition) is 6. The van der Waals surface area contributed by atoms with Gasteiger partial charge in [0.2, 0.25) is 0 Å². The largest absolute Gasteiger partial charge is 0.393 e. The standard InChI is InChI=1S/C29H50O2.4C28H50O/c1-7-29(31)17-16-27(5)21(18-29)9-10-22-24-12-11-23(28(24,6)15-14-25(22)27)20(4)8-13-26(30)19(2)3;4*1-7-19(2)8-9-20(3)23-12-13-24-22-11-10-21-18-26(4,29)16-17-27(21,5)25(22)14-15-28(23,24)6/h9,19-20,22-26,30-31H,7-8,10-18H2,1-6H3;4*19-25,29H,7-18H2,1-6H3/t20-,22+,23-,24+,25+,26+,27+,28-,29+;19-,20+,21+,22-,23+,24-,25-,26-,27-,28+;19-,20+,21-,22-,23+,24-,25-,26-,27-,28+;19-,20-,21+,22+,23-,24+,25+,26+,27+,28-;19-,20-,21-,22+,23-,24+,25+,26+,27+,28-/m10011/s1. The molecule has 20 rings (SSSR count). The van der Waals surface area contributed by atoms with E-state index in [1.807, 2.05) is 0 Å². The molecule has 49 atom stereocenters. The molecule has 0 saturated heterocycles. The van der Waals surface area contributed by atoms with Crippen LogP contribution in [-0.4, -0.2) is 64.7 Å². The third-order valence-corrected chi connectivity index (χ3v) is 57.5. The van der Waals surface area contributed by atoms with Crippen molar-refractivity contribution in [2.24, 2.45) is 255 Å². The normalized spacial score (nSPS) is 50.6. The quantitative estimate of drug-likeness (QED) is 0.0480. The Morgan fingerprint density at radius 3 is 0.728 bits per heavy atom. The lowest BCUT2D eigenvalue weighted by Crippen LogP contribution is -2.55. The fourth-order valence-corrected chi connectivity index (χ4v) is 46.4. The van der Waals surface area contributed by atoms with Crippen LogP contribution < -0.4 is 0 Å². The van der Waals surface area contributed by atoms with Gasteiger partial charge in [-0.05, 0) is 585 Å². The summed E-state index contributed by atoms with van der Waals surface area (Å²) in [6.07, 6.45) is 80.9. The van der Waals surface area contributed by atoms with E-state index >= 15 is 0 Å². The molecule has 0 aromatic carbocycles. The average molecular weight is 2040 g/mol. The lowest BCUT2D eigenvalue weighted by Gasteiger charge is -2.62. The minimum atomic E-state index is -0.449. The van der Waals surface area contributed by atoms with Gasteiger partial charge in [0.15, 0.2) is 0 Å². The first kappa shape index (κ1) is 119. The number of aliphatic hydroxyl groups is 6. The lowest BCUT2D eigenvalue weighted by atomic mass is 9.43. The Balaban J connectivity index is 0.000000131. The molecule has 0 unspecified atom stereocenters. The van der Waals surface area contributed by atoms with Crippen LogP contribution in [0, 0.1) is 255 Å². The summed E-state index contributed by atoms with van der Waals surface area (Å²) in [6, 6.07) is 0. The average Bonchev–Trinajstić information content (AvgIpc) is 1.64. The van der Waals surface area contributed by atoms with Crippen molar-refractivity contribution in [3.05, 3.63) is 11.6 Å². The van der Waals surface area contributed by atoms with Crippen LogP contribution >= 0.6 is 0 Å². The van der Waals surface area contributed by atoms with Crippen molar-refractivity contribution in [1.82, 2.24) is 0 Å². The molecule has 6 N–H and O–H groups in total. The monoisotopic (exact) mass is 2040 g/mol. The highest BCUT2D eigenvalue weighted by Crippen LogP contribution is 2.77. The van der Waals surface area contributed by atoms with Gasteiger partial charge in [-0.3, -0.25) is 0 Å². The maximum Gasteiger partial charge on any atom is 0.0682 e.